The quantitative estimate of drug-likeness (QED) is 0.464. The number of rotatable bonds is 2. The van der Waals surface area contributed by atoms with Crippen molar-refractivity contribution in [1.82, 2.24) is 4.90 Å². The molecule has 1 nitrogen and oxygen atoms in total. The Labute approximate surface area is 77.0 Å². The molecule has 0 aliphatic rings. The van der Waals surface area contributed by atoms with Gasteiger partial charge in [0.15, 0.2) is 0 Å². The van der Waals surface area contributed by atoms with Crippen molar-refractivity contribution in [2.75, 3.05) is 7.05 Å². The van der Waals surface area contributed by atoms with Crippen LogP contribution in [-0.4, -0.2) is 18.0 Å². The maximum Gasteiger partial charge on any atom is 0 e. The van der Waals surface area contributed by atoms with Gasteiger partial charge >= 0.3 is 0 Å². The Morgan fingerprint density at radius 3 is 1.88 bits per heavy atom. The summed E-state index contributed by atoms with van der Waals surface area (Å²) in [7, 11) is 1.96. The van der Waals surface area contributed by atoms with Crippen LogP contribution in [0.25, 0.3) is 0 Å². The number of nitrogens with zero attached hydrogens (tertiary/aromatic N) is 1. The molecule has 0 amide bonds. The summed E-state index contributed by atoms with van der Waals surface area (Å²) in [5, 5.41) is 0. The predicted octanol–water partition coefficient (Wildman–Crippen LogP) is 1.27. The minimum atomic E-state index is 0. The molecule has 0 atom stereocenters. The van der Waals surface area contributed by atoms with Gasteiger partial charge in [-0.05, 0) is 26.9 Å². The van der Waals surface area contributed by atoms with E-state index in [0.29, 0.717) is 6.04 Å². The van der Waals surface area contributed by atoms with Crippen molar-refractivity contribution in [3.63, 3.8) is 0 Å². The summed E-state index contributed by atoms with van der Waals surface area (Å²) < 4.78 is 0. The third-order valence-corrected chi connectivity index (χ3v) is 1.02. The summed E-state index contributed by atoms with van der Waals surface area (Å²) in [5.74, 6) is 0. The molecule has 0 rings (SSSR count). The molecule has 45 valence electrons. The van der Waals surface area contributed by atoms with Crippen LogP contribution in [0.3, 0.4) is 0 Å². The van der Waals surface area contributed by atoms with Gasteiger partial charge in [-0.25, -0.2) is 0 Å². The fraction of sp³-hybridized carbons (Fsp3) is 0.667. The molecule has 0 aromatic carbocycles. The molecule has 0 N–H and O–H groups in total. The second-order valence-electron chi connectivity index (χ2n) is 1.86. The van der Waals surface area contributed by atoms with Crippen LogP contribution in [0.5, 0.6) is 0 Å². The molecule has 0 aliphatic heterocycles. The Balaban J connectivity index is 0. The van der Waals surface area contributed by atoms with E-state index >= 15 is 0 Å². The van der Waals surface area contributed by atoms with Crippen LogP contribution in [0, 0.1) is 6.20 Å². The third kappa shape index (κ3) is 4.79. The van der Waals surface area contributed by atoms with Crippen LogP contribution >= 0.6 is 0 Å². The first-order chi connectivity index (χ1) is 3.18. The van der Waals surface area contributed by atoms with E-state index in [4.69, 9.17) is 0 Å². The minimum absolute atomic E-state index is 0. The molecule has 0 saturated heterocycles. The van der Waals surface area contributed by atoms with Crippen molar-refractivity contribution in [3.8, 4) is 0 Å². The van der Waals surface area contributed by atoms with Gasteiger partial charge in [-0.2, -0.15) is 0 Å². The predicted molar refractivity (Wildman–Crippen MR) is 31.8 cm³/mol. The van der Waals surface area contributed by atoms with Crippen LogP contribution in [0.1, 0.15) is 13.8 Å². The van der Waals surface area contributed by atoms with E-state index in [1.165, 1.54) is 0 Å². The molecular weight excluding hydrogens is 175 g/mol. The van der Waals surface area contributed by atoms with E-state index in [2.05, 4.69) is 26.6 Å². The standard InChI is InChI=1S/C6H12N.Y/c1-5-7(4)6(2)3;/h6H,1H2,2-4H3;/q-1;. The van der Waals surface area contributed by atoms with Gasteiger partial charge in [0.1, 0.15) is 0 Å². The Hall–Kier alpha value is 0.644. The average molecular weight is 187 g/mol. The molecule has 8 heavy (non-hydrogen) atoms. The minimum Gasteiger partial charge on any atom is -0.555 e. The summed E-state index contributed by atoms with van der Waals surface area (Å²) in [6.45, 7) is 7.67. The molecule has 0 aliphatic carbocycles. The molecule has 0 aromatic rings. The van der Waals surface area contributed by atoms with Gasteiger partial charge in [-0.3, -0.25) is 6.58 Å². The molecular formula is C6H12NY-. The van der Waals surface area contributed by atoms with E-state index in [9.17, 15) is 0 Å². The van der Waals surface area contributed by atoms with Gasteiger partial charge in [0, 0.05) is 32.7 Å². The Morgan fingerprint density at radius 1 is 1.50 bits per heavy atom. The van der Waals surface area contributed by atoms with Crippen molar-refractivity contribution in [2.24, 2.45) is 0 Å². The fourth-order valence-corrected chi connectivity index (χ4v) is 0.183. The molecule has 0 unspecified atom stereocenters. The topological polar surface area (TPSA) is 3.24 Å². The molecule has 0 aromatic heterocycles. The molecule has 0 heterocycles. The van der Waals surface area contributed by atoms with Crippen molar-refractivity contribution in [2.45, 2.75) is 19.9 Å². The Kier molecular flexibility index (Phi) is 8.26. The zero-order valence-electron chi connectivity index (χ0n) is 5.81. The van der Waals surface area contributed by atoms with Gasteiger partial charge < -0.3 is 11.1 Å². The fourth-order valence-electron chi connectivity index (χ4n) is 0.183. The maximum absolute atomic E-state index is 3.48. The van der Waals surface area contributed by atoms with E-state index in [1.807, 2.05) is 11.9 Å². The first-order valence-corrected chi connectivity index (χ1v) is 2.44. The van der Waals surface area contributed by atoms with Crippen molar-refractivity contribution in [1.29, 1.82) is 0 Å². The van der Waals surface area contributed by atoms with E-state index in [-0.39, 0.29) is 32.7 Å². The van der Waals surface area contributed by atoms with Crippen LogP contribution in [-0.2, 0) is 32.7 Å². The third-order valence-electron chi connectivity index (χ3n) is 1.02. The zero-order valence-corrected chi connectivity index (χ0v) is 8.65. The summed E-state index contributed by atoms with van der Waals surface area (Å²) in [6, 6.07) is 0.525. The smallest absolute Gasteiger partial charge is 0 e. The van der Waals surface area contributed by atoms with Crippen LogP contribution in [0.4, 0.5) is 0 Å². The second kappa shape index (κ2) is 5.77. The Bertz CT molecular complexity index is 61.5. The molecule has 0 bridgehead atoms. The zero-order chi connectivity index (χ0) is 5.86. The van der Waals surface area contributed by atoms with Crippen LogP contribution < -0.4 is 0 Å². The van der Waals surface area contributed by atoms with Crippen LogP contribution in [0.15, 0.2) is 6.58 Å². The first kappa shape index (κ1) is 11.4. The van der Waals surface area contributed by atoms with Crippen LogP contribution in [0.2, 0.25) is 0 Å². The average Bonchev–Trinajstić information content (AvgIpc) is 1.65. The second-order valence-corrected chi connectivity index (χ2v) is 1.86. The summed E-state index contributed by atoms with van der Waals surface area (Å²) in [6.07, 6.45) is 2.75. The molecule has 2 heteroatoms. The van der Waals surface area contributed by atoms with Gasteiger partial charge in [-0.1, -0.05) is 0 Å². The molecule has 0 fully saturated rings. The van der Waals surface area contributed by atoms with Gasteiger partial charge in [0.2, 0.25) is 0 Å². The van der Waals surface area contributed by atoms with E-state index in [1.54, 1.807) is 0 Å². The van der Waals surface area contributed by atoms with Crippen molar-refractivity contribution >= 4 is 0 Å². The van der Waals surface area contributed by atoms with Crippen molar-refractivity contribution < 1.29 is 32.7 Å². The maximum atomic E-state index is 3.48. The van der Waals surface area contributed by atoms with Crippen molar-refractivity contribution in [3.05, 3.63) is 12.8 Å². The normalized spacial score (nSPS) is 8.00. The molecule has 0 spiro atoms. The Morgan fingerprint density at radius 2 is 1.88 bits per heavy atom. The van der Waals surface area contributed by atoms with Gasteiger partial charge in [0.05, 0.1) is 0 Å². The van der Waals surface area contributed by atoms with E-state index < -0.39 is 0 Å². The first-order valence-electron chi connectivity index (χ1n) is 2.44. The van der Waals surface area contributed by atoms with Gasteiger partial charge in [-0.15, -0.1) is 0 Å². The molecule has 0 saturated carbocycles. The SMILES string of the molecule is C=[C-]N(C)C(C)C.[Y]. The summed E-state index contributed by atoms with van der Waals surface area (Å²) >= 11 is 0. The molecule has 1 radical (unpaired) electrons. The summed E-state index contributed by atoms with van der Waals surface area (Å²) in [5.41, 5.74) is 0. The number of hydrogen-bond donors (Lipinski definition) is 0. The monoisotopic (exact) mass is 187 g/mol. The largest absolute Gasteiger partial charge is 0.555 e. The summed E-state index contributed by atoms with van der Waals surface area (Å²) in [4.78, 5) is 1.93. The van der Waals surface area contributed by atoms with E-state index in [0.717, 1.165) is 0 Å². The van der Waals surface area contributed by atoms with Gasteiger partial charge in [0.25, 0.3) is 0 Å². The number of hydrogen-bond acceptors (Lipinski definition) is 1.